The first-order valence-electron chi connectivity index (χ1n) is 15.3. The van der Waals surface area contributed by atoms with Crippen molar-refractivity contribution in [3.05, 3.63) is 65.2 Å². The molecule has 0 spiro atoms. The second kappa shape index (κ2) is 17.0. The van der Waals surface area contributed by atoms with Crippen LogP contribution in [0.5, 0.6) is 0 Å². The van der Waals surface area contributed by atoms with E-state index in [0.29, 0.717) is 18.3 Å². The van der Waals surface area contributed by atoms with Gasteiger partial charge in [0.2, 0.25) is 0 Å². The third-order valence-electron chi connectivity index (χ3n) is 8.08. The molecule has 268 valence electrons. The number of aromatic amines is 2. The van der Waals surface area contributed by atoms with E-state index in [-0.39, 0.29) is 30.6 Å². The van der Waals surface area contributed by atoms with Crippen molar-refractivity contribution < 1.29 is 38.0 Å². The van der Waals surface area contributed by atoms with Gasteiger partial charge >= 0.3 is 18.2 Å². The lowest BCUT2D eigenvalue weighted by atomic mass is 10.2. The molecule has 5 rings (SSSR count). The number of nitrogens with one attached hydrogen (secondary N) is 2. The summed E-state index contributed by atoms with van der Waals surface area (Å²) >= 11 is 0.936. The zero-order valence-corrected chi connectivity index (χ0v) is 29.7. The lowest BCUT2D eigenvalue weighted by molar-refractivity contribution is -0.0510. The minimum absolute atomic E-state index is 0.0189. The molecule has 17 nitrogen and oxygen atoms in total. The first-order valence-corrected chi connectivity index (χ1v) is 20.9. The number of rotatable bonds is 15. The Bertz CT molecular complexity index is 1680. The Morgan fingerprint density at radius 3 is 2.17 bits per heavy atom. The summed E-state index contributed by atoms with van der Waals surface area (Å²) in [5.74, 6) is 0.836. The zero-order chi connectivity index (χ0) is 34.4. The average Bonchev–Trinajstić information content (AvgIpc) is 3.64. The minimum atomic E-state index is -4.02. The summed E-state index contributed by atoms with van der Waals surface area (Å²) in [7, 11) is 3.09. The van der Waals surface area contributed by atoms with Gasteiger partial charge in [-0.1, -0.05) is 21.6 Å². The van der Waals surface area contributed by atoms with Gasteiger partial charge in [0.05, 0.1) is 37.6 Å². The van der Waals surface area contributed by atoms with Gasteiger partial charge in [0.15, 0.2) is 0 Å². The van der Waals surface area contributed by atoms with Crippen molar-refractivity contribution >= 4 is 39.8 Å². The predicted octanol–water partition coefficient (Wildman–Crippen LogP) is 0.546. The fourth-order valence-corrected chi connectivity index (χ4v) is 12.7. The molecule has 0 bridgehead atoms. The molecule has 2 aromatic heterocycles. The summed E-state index contributed by atoms with van der Waals surface area (Å²) in [4.78, 5) is 55.3. The maximum atomic E-state index is 14.3. The second-order valence-corrected chi connectivity index (χ2v) is 18.4. The van der Waals surface area contributed by atoms with Gasteiger partial charge in [-0.15, -0.1) is 0 Å². The standard InChI is InChI=1S/C27H40N5O12PS3/c1-16-11-31(26(37)28-24(16)35)22-9-18(34)21(43-22)14-41-45(39,46-15-48-47-8-5-30-3-6-40-7-4-30)44-19-10-23(42-20(19)13-33)32-12-17(2)25(36)29-27(32)38/h11-12,18-23,33-34H,3-10,13-15H2,1-2H3,(H,28,35,37)(H,29,36,38)/t18-,19-,20-,21-,22-,23-,45?/m1/s1. The van der Waals surface area contributed by atoms with E-state index in [1.807, 2.05) is 0 Å². The van der Waals surface area contributed by atoms with E-state index in [0.717, 1.165) is 36.8 Å². The van der Waals surface area contributed by atoms with Crippen molar-refractivity contribution in [2.45, 2.75) is 63.6 Å². The van der Waals surface area contributed by atoms with Crippen LogP contribution in [0.2, 0.25) is 0 Å². The highest BCUT2D eigenvalue weighted by Crippen LogP contribution is 2.64. The summed E-state index contributed by atoms with van der Waals surface area (Å²) in [6.07, 6.45) is -3.07. The molecule has 0 aliphatic carbocycles. The van der Waals surface area contributed by atoms with Crippen molar-refractivity contribution in [3.63, 3.8) is 0 Å². The van der Waals surface area contributed by atoms with Crippen LogP contribution < -0.4 is 22.5 Å². The van der Waals surface area contributed by atoms with Gasteiger partial charge in [0, 0.05) is 61.7 Å². The number of aryl methyl sites for hydroxylation is 2. The molecule has 3 fully saturated rings. The number of morpholine rings is 1. The smallest absolute Gasteiger partial charge is 0.390 e. The number of aliphatic hydroxyl groups is 2. The number of ether oxygens (including phenoxy) is 3. The average molecular weight is 754 g/mol. The zero-order valence-electron chi connectivity index (χ0n) is 26.4. The Kier molecular flexibility index (Phi) is 13.3. The van der Waals surface area contributed by atoms with Gasteiger partial charge in [-0.25, -0.2) is 14.2 Å². The molecule has 0 amide bonds. The number of H-pyrrole nitrogens is 2. The van der Waals surface area contributed by atoms with Gasteiger partial charge < -0.3 is 24.4 Å². The van der Waals surface area contributed by atoms with E-state index < -0.39 is 72.8 Å². The lowest BCUT2D eigenvalue weighted by Crippen LogP contribution is -2.37. The van der Waals surface area contributed by atoms with E-state index in [1.165, 1.54) is 46.2 Å². The van der Waals surface area contributed by atoms with Gasteiger partial charge in [0.25, 0.3) is 11.1 Å². The monoisotopic (exact) mass is 753 g/mol. The van der Waals surface area contributed by atoms with Gasteiger partial charge in [0.1, 0.15) is 30.8 Å². The Balaban J connectivity index is 1.24. The molecule has 0 radical (unpaired) electrons. The summed E-state index contributed by atoms with van der Waals surface area (Å²) in [5.41, 5.74) is -1.89. The summed E-state index contributed by atoms with van der Waals surface area (Å²) < 4.78 is 45.7. The number of hydrogen-bond donors (Lipinski definition) is 4. The Morgan fingerprint density at radius 2 is 1.54 bits per heavy atom. The Hall–Kier alpha value is -1.68. The van der Waals surface area contributed by atoms with Crippen molar-refractivity contribution in [3.8, 4) is 0 Å². The van der Waals surface area contributed by atoms with E-state index in [9.17, 15) is 34.0 Å². The lowest BCUT2D eigenvalue weighted by Gasteiger charge is -2.26. The van der Waals surface area contributed by atoms with Gasteiger partial charge in [-0.3, -0.25) is 42.6 Å². The quantitative estimate of drug-likeness (QED) is 0.0845. The molecule has 4 N–H and O–H groups in total. The fraction of sp³-hybridized carbons (Fsp3) is 0.704. The van der Waals surface area contributed by atoms with Gasteiger partial charge in [-0.2, -0.15) is 0 Å². The fourth-order valence-electron chi connectivity index (χ4n) is 5.38. The minimum Gasteiger partial charge on any atom is -0.394 e. The highest BCUT2D eigenvalue weighted by Gasteiger charge is 2.44. The topological polar surface area (TPSA) is 217 Å². The molecule has 48 heavy (non-hydrogen) atoms. The molecule has 21 heteroatoms. The molecule has 2 aromatic rings. The van der Waals surface area contributed by atoms with E-state index in [1.54, 1.807) is 10.8 Å². The van der Waals surface area contributed by atoms with E-state index in [4.69, 9.17) is 23.3 Å². The highest BCUT2D eigenvalue weighted by molar-refractivity contribution is 8.80. The Morgan fingerprint density at radius 1 is 0.938 bits per heavy atom. The molecule has 1 unspecified atom stereocenters. The number of nitrogens with zero attached hydrogens (tertiary/aromatic N) is 3. The maximum absolute atomic E-state index is 14.3. The third-order valence-corrected chi connectivity index (χ3v) is 15.0. The maximum Gasteiger partial charge on any atom is 0.390 e. The largest absolute Gasteiger partial charge is 0.394 e. The molecular weight excluding hydrogens is 713 g/mol. The normalized spacial score (nSPS) is 27.8. The summed E-state index contributed by atoms with van der Waals surface area (Å²) in [6.45, 7) is 2.26. The van der Waals surface area contributed by atoms with Crippen LogP contribution in [0.1, 0.15) is 36.4 Å². The highest BCUT2D eigenvalue weighted by atomic mass is 33.1. The predicted molar refractivity (Wildman–Crippen MR) is 180 cm³/mol. The van der Waals surface area contributed by atoms with Crippen LogP contribution in [0.3, 0.4) is 0 Å². The van der Waals surface area contributed by atoms with Crippen LogP contribution in [-0.4, -0.2) is 116 Å². The molecule has 5 heterocycles. The SMILES string of the molecule is Cc1cn([C@H]2C[C@@H](O)[C@@H](COP(=O)(O[C@@H]3C[C@H](n4cc(C)c(=O)[nH]c4=O)O[C@@H]3CO)SCSSCCN3CCOCC3)O2)c(=O)[nH]c1=O. The second-order valence-electron chi connectivity index (χ2n) is 11.5. The first kappa shape index (κ1) is 37.6. The third kappa shape index (κ3) is 9.55. The van der Waals surface area contributed by atoms with Crippen molar-refractivity contribution in [1.29, 1.82) is 0 Å². The molecule has 0 saturated carbocycles. The van der Waals surface area contributed by atoms with E-state index >= 15 is 0 Å². The molecule has 3 saturated heterocycles. The molecular formula is C27H40N5O12PS3. The molecule has 3 aliphatic rings. The Labute approximate surface area is 286 Å². The van der Waals surface area contributed by atoms with Crippen LogP contribution >= 0.6 is 39.8 Å². The molecule has 7 atom stereocenters. The summed E-state index contributed by atoms with van der Waals surface area (Å²) in [5, 5.41) is 21.1. The number of hydrogen-bond acceptors (Lipinski definition) is 16. The number of aliphatic hydroxyl groups excluding tert-OH is 2. The van der Waals surface area contributed by atoms with Crippen LogP contribution in [-0.2, 0) is 27.8 Å². The van der Waals surface area contributed by atoms with E-state index in [2.05, 4.69) is 14.9 Å². The van der Waals surface area contributed by atoms with Gasteiger partial charge in [-0.05, 0) is 25.2 Å². The number of aromatic nitrogens is 4. The van der Waals surface area contributed by atoms with Crippen LogP contribution in [0.25, 0.3) is 0 Å². The van der Waals surface area contributed by atoms with Crippen LogP contribution in [0, 0.1) is 13.8 Å². The van der Waals surface area contributed by atoms with Crippen molar-refractivity contribution in [2.75, 3.05) is 56.9 Å². The van der Waals surface area contributed by atoms with Crippen LogP contribution in [0.15, 0.2) is 31.6 Å². The van der Waals surface area contributed by atoms with Crippen LogP contribution in [0.4, 0.5) is 0 Å². The summed E-state index contributed by atoms with van der Waals surface area (Å²) in [6, 6.07) is 0. The van der Waals surface area contributed by atoms with Crippen molar-refractivity contribution in [2.24, 2.45) is 0 Å². The first-order chi connectivity index (χ1) is 23.0. The molecule has 3 aliphatic heterocycles. The molecule has 0 aromatic carbocycles. The van der Waals surface area contributed by atoms with Crippen molar-refractivity contribution in [1.82, 2.24) is 24.0 Å².